The van der Waals surface area contributed by atoms with Crippen LogP contribution in [0.15, 0.2) is 29.3 Å². The lowest BCUT2D eigenvalue weighted by Crippen LogP contribution is -2.46. The van der Waals surface area contributed by atoms with Gasteiger partial charge >= 0.3 is 0 Å². The summed E-state index contributed by atoms with van der Waals surface area (Å²) in [7, 11) is 1.69. The molecule has 1 fully saturated rings. The Morgan fingerprint density at radius 1 is 1.17 bits per heavy atom. The molecule has 2 rings (SSSR count). The van der Waals surface area contributed by atoms with Crippen LogP contribution in [0.5, 0.6) is 0 Å². The van der Waals surface area contributed by atoms with Gasteiger partial charge in [-0.3, -0.25) is 9.59 Å². The number of guanidine groups is 1. The lowest BCUT2D eigenvalue weighted by atomic mass is 9.93. The number of nitrogens with zero attached hydrogens (tertiary/aromatic N) is 2. The predicted molar refractivity (Wildman–Crippen MR) is 117 cm³/mol. The maximum atomic E-state index is 12.2. The van der Waals surface area contributed by atoms with Crippen molar-refractivity contribution in [2.45, 2.75) is 46.1 Å². The molecule has 1 aliphatic heterocycles. The largest absolute Gasteiger partial charge is 0.359 e. The van der Waals surface area contributed by atoms with Crippen molar-refractivity contribution in [1.29, 1.82) is 0 Å². The highest BCUT2D eigenvalue weighted by atomic mass is 16.2. The van der Waals surface area contributed by atoms with Crippen molar-refractivity contribution in [2.24, 2.45) is 10.9 Å². The third-order valence-electron chi connectivity index (χ3n) is 5.14. The maximum Gasteiger partial charge on any atom is 0.251 e. The molecule has 0 bridgehead atoms. The Hall–Kier alpha value is -2.57. The smallest absolute Gasteiger partial charge is 0.251 e. The molecule has 160 valence electrons. The van der Waals surface area contributed by atoms with Gasteiger partial charge in [-0.25, -0.2) is 4.99 Å². The highest BCUT2D eigenvalue weighted by molar-refractivity contribution is 5.94. The minimum Gasteiger partial charge on any atom is -0.359 e. The fraction of sp³-hybridized carbons (Fsp3) is 0.591. The van der Waals surface area contributed by atoms with Crippen molar-refractivity contribution in [3.63, 3.8) is 0 Å². The van der Waals surface area contributed by atoms with Crippen LogP contribution < -0.4 is 16.0 Å². The molecule has 0 saturated carbocycles. The third kappa shape index (κ3) is 7.40. The Bertz CT molecular complexity index is 696. The number of carbonyl (C=O) groups excluding carboxylic acids is 2. The zero-order valence-corrected chi connectivity index (χ0v) is 18.0. The first-order chi connectivity index (χ1) is 14.1. The van der Waals surface area contributed by atoms with Gasteiger partial charge in [-0.15, -0.1) is 0 Å². The standard InChI is InChI=1S/C22H35N5O2/c1-4-11-25-21(29)19-8-6-7-18(14-19)16-26-22(24-5-2)27-12-9-17(10-13-27)15-20(28)23-3/h6-8,14,17H,4-5,9-13,15-16H2,1-3H3,(H,23,28)(H,24,26)(H,25,29). The predicted octanol–water partition coefficient (Wildman–Crippen LogP) is 2.14. The molecule has 0 atom stereocenters. The van der Waals surface area contributed by atoms with Gasteiger partial charge in [0.25, 0.3) is 5.91 Å². The van der Waals surface area contributed by atoms with E-state index < -0.39 is 0 Å². The van der Waals surface area contributed by atoms with E-state index in [0.29, 0.717) is 31.0 Å². The molecule has 29 heavy (non-hydrogen) atoms. The van der Waals surface area contributed by atoms with Crippen molar-refractivity contribution in [3.05, 3.63) is 35.4 Å². The topological polar surface area (TPSA) is 85.8 Å². The van der Waals surface area contributed by atoms with Crippen molar-refractivity contribution in [3.8, 4) is 0 Å². The monoisotopic (exact) mass is 401 g/mol. The van der Waals surface area contributed by atoms with Crippen molar-refractivity contribution >= 4 is 17.8 Å². The first-order valence-electron chi connectivity index (χ1n) is 10.7. The number of carbonyl (C=O) groups is 2. The highest BCUT2D eigenvalue weighted by Crippen LogP contribution is 2.20. The number of aliphatic imine (C=N–C) groups is 1. The summed E-state index contributed by atoms with van der Waals surface area (Å²) >= 11 is 0. The summed E-state index contributed by atoms with van der Waals surface area (Å²) < 4.78 is 0. The molecule has 1 heterocycles. The lowest BCUT2D eigenvalue weighted by Gasteiger charge is -2.34. The van der Waals surface area contributed by atoms with Gasteiger partial charge in [0.15, 0.2) is 5.96 Å². The van der Waals surface area contributed by atoms with E-state index in [1.54, 1.807) is 7.05 Å². The molecule has 0 unspecified atom stereocenters. The summed E-state index contributed by atoms with van der Waals surface area (Å²) in [5.74, 6) is 1.41. The summed E-state index contributed by atoms with van der Waals surface area (Å²) in [6.07, 6.45) is 3.50. The molecule has 0 spiro atoms. The van der Waals surface area contributed by atoms with Crippen molar-refractivity contribution < 1.29 is 9.59 Å². The van der Waals surface area contributed by atoms with E-state index in [9.17, 15) is 9.59 Å². The number of piperidine rings is 1. The molecular weight excluding hydrogens is 366 g/mol. The van der Waals surface area contributed by atoms with Gasteiger partial charge < -0.3 is 20.9 Å². The van der Waals surface area contributed by atoms with Gasteiger partial charge in [0, 0.05) is 45.2 Å². The number of benzene rings is 1. The van der Waals surface area contributed by atoms with Crippen LogP contribution >= 0.6 is 0 Å². The molecule has 1 saturated heterocycles. The minimum absolute atomic E-state index is 0.0391. The van der Waals surface area contributed by atoms with Gasteiger partial charge in [-0.05, 0) is 49.8 Å². The van der Waals surface area contributed by atoms with Gasteiger partial charge in [0.2, 0.25) is 5.91 Å². The molecule has 3 N–H and O–H groups in total. The van der Waals surface area contributed by atoms with Crippen molar-refractivity contribution in [2.75, 3.05) is 33.2 Å². The number of likely N-dealkylation sites (tertiary alicyclic amines) is 1. The quantitative estimate of drug-likeness (QED) is 0.460. The van der Waals surface area contributed by atoms with E-state index in [0.717, 1.165) is 50.4 Å². The molecule has 7 heteroatoms. The third-order valence-corrected chi connectivity index (χ3v) is 5.14. The molecule has 0 aliphatic carbocycles. The Kier molecular flexibility index (Phi) is 9.47. The minimum atomic E-state index is -0.0391. The number of amides is 2. The number of nitrogens with one attached hydrogen (secondary N) is 3. The van der Waals surface area contributed by atoms with Crippen LogP contribution in [0.2, 0.25) is 0 Å². The second-order valence-corrected chi connectivity index (χ2v) is 7.43. The molecule has 0 radical (unpaired) electrons. The maximum absolute atomic E-state index is 12.2. The SMILES string of the molecule is CCCNC(=O)c1cccc(CN=C(NCC)N2CCC(CC(=O)NC)CC2)c1. The molecule has 1 aliphatic rings. The lowest BCUT2D eigenvalue weighted by molar-refractivity contribution is -0.121. The van der Waals surface area contributed by atoms with Crippen LogP contribution in [0.1, 0.15) is 55.5 Å². The molecule has 2 amide bonds. The Morgan fingerprint density at radius 2 is 1.93 bits per heavy atom. The summed E-state index contributed by atoms with van der Waals surface area (Å²) in [5.41, 5.74) is 1.69. The average molecular weight is 402 g/mol. The van der Waals surface area contributed by atoms with Crippen LogP contribution in [0.25, 0.3) is 0 Å². The van der Waals surface area contributed by atoms with Gasteiger partial charge in [0.05, 0.1) is 6.54 Å². The van der Waals surface area contributed by atoms with E-state index in [4.69, 9.17) is 4.99 Å². The molecule has 1 aromatic rings. The summed E-state index contributed by atoms with van der Waals surface area (Å²) in [6, 6.07) is 7.65. The summed E-state index contributed by atoms with van der Waals surface area (Å²) in [6.45, 7) is 7.90. The van der Waals surface area contributed by atoms with Crippen LogP contribution in [0.4, 0.5) is 0 Å². The van der Waals surface area contributed by atoms with Crippen LogP contribution in [-0.2, 0) is 11.3 Å². The second-order valence-electron chi connectivity index (χ2n) is 7.43. The molecule has 0 aromatic heterocycles. The van der Waals surface area contributed by atoms with E-state index in [2.05, 4.69) is 27.8 Å². The zero-order chi connectivity index (χ0) is 21.1. The number of rotatable bonds is 8. The second kappa shape index (κ2) is 12.1. The number of hydrogen-bond donors (Lipinski definition) is 3. The Balaban J connectivity index is 1.97. The van der Waals surface area contributed by atoms with Crippen LogP contribution in [-0.4, -0.2) is 55.9 Å². The van der Waals surface area contributed by atoms with Crippen molar-refractivity contribution in [1.82, 2.24) is 20.9 Å². The van der Waals surface area contributed by atoms with E-state index >= 15 is 0 Å². The zero-order valence-electron chi connectivity index (χ0n) is 18.0. The normalized spacial score (nSPS) is 15.1. The van der Waals surface area contributed by atoms with Crippen LogP contribution in [0.3, 0.4) is 0 Å². The van der Waals surface area contributed by atoms with E-state index in [1.165, 1.54) is 0 Å². The van der Waals surface area contributed by atoms with Gasteiger partial charge in [0.1, 0.15) is 0 Å². The summed E-state index contributed by atoms with van der Waals surface area (Å²) in [5, 5.41) is 8.99. The molecule has 1 aromatic carbocycles. The first kappa shape index (κ1) is 22.7. The fourth-order valence-corrected chi connectivity index (χ4v) is 3.46. The molecule has 7 nitrogen and oxygen atoms in total. The first-order valence-corrected chi connectivity index (χ1v) is 10.7. The highest BCUT2D eigenvalue weighted by Gasteiger charge is 2.23. The fourth-order valence-electron chi connectivity index (χ4n) is 3.46. The van der Waals surface area contributed by atoms with Gasteiger partial charge in [-0.2, -0.15) is 0 Å². The Morgan fingerprint density at radius 3 is 2.59 bits per heavy atom. The van der Waals surface area contributed by atoms with Crippen LogP contribution in [0, 0.1) is 5.92 Å². The average Bonchev–Trinajstić information content (AvgIpc) is 2.75. The summed E-state index contributed by atoms with van der Waals surface area (Å²) in [4.78, 5) is 30.8. The van der Waals surface area contributed by atoms with Gasteiger partial charge in [-0.1, -0.05) is 19.1 Å². The molecular formula is C22H35N5O2. The number of hydrogen-bond acceptors (Lipinski definition) is 3. The van der Waals surface area contributed by atoms with E-state index in [-0.39, 0.29) is 11.8 Å². The Labute approximate surface area is 174 Å². The van der Waals surface area contributed by atoms with E-state index in [1.807, 2.05) is 31.2 Å².